The highest BCUT2D eigenvalue weighted by molar-refractivity contribution is 5.78. The molecular formula is C12H19N5O. The van der Waals surface area contributed by atoms with Crippen LogP contribution >= 0.6 is 0 Å². The first-order chi connectivity index (χ1) is 8.83. The molecule has 1 unspecified atom stereocenters. The van der Waals surface area contributed by atoms with E-state index >= 15 is 0 Å². The quantitative estimate of drug-likeness (QED) is 0.787. The SMILES string of the molecule is O=C1CCC(CNCc2nnc3n2CCCC3)N1. The number of hydrogen-bond acceptors (Lipinski definition) is 4. The molecule has 18 heavy (non-hydrogen) atoms. The third-order valence-electron chi connectivity index (χ3n) is 3.69. The number of hydrogen-bond donors (Lipinski definition) is 2. The first kappa shape index (κ1) is 11.6. The molecule has 2 aliphatic rings. The van der Waals surface area contributed by atoms with Crippen LogP contribution < -0.4 is 10.6 Å². The largest absolute Gasteiger partial charge is 0.352 e. The number of aryl methyl sites for hydroxylation is 1. The molecule has 2 N–H and O–H groups in total. The van der Waals surface area contributed by atoms with Crippen LogP contribution in [0.2, 0.25) is 0 Å². The van der Waals surface area contributed by atoms with Crippen molar-refractivity contribution in [3.8, 4) is 0 Å². The molecule has 1 aromatic rings. The van der Waals surface area contributed by atoms with Gasteiger partial charge in [0.25, 0.3) is 0 Å². The number of nitrogens with zero attached hydrogens (tertiary/aromatic N) is 3. The lowest BCUT2D eigenvalue weighted by molar-refractivity contribution is -0.119. The van der Waals surface area contributed by atoms with E-state index in [2.05, 4.69) is 25.4 Å². The van der Waals surface area contributed by atoms with Crippen LogP contribution in [0.15, 0.2) is 0 Å². The van der Waals surface area contributed by atoms with Crippen LogP contribution in [-0.4, -0.2) is 33.3 Å². The lowest BCUT2D eigenvalue weighted by atomic mass is 10.1. The fourth-order valence-corrected chi connectivity index (χ4v) is 2.69. The maximum atomic E-state index is 11.1. The van der Waals surface area contributed by atoms with Crippen molar-refractivity contribution in [2.45, 2.75) is 51.2 Å². The lowest BCUT2D eigenvalue weighted by Crippen LogP contribution is -2.35. The molecule has 1 aromatic heterocycles. The molecule has 0 bridgehead atoms. The van der Waals surface area contributed by atoms with Crippen molar-refractivity contribution < 1.29 is 4.79 Å². The Kier molecular flexibility index (Phi) is 3.27. The average Bonchev–Trinajstić information content (AvgIpc) is 2.97. The van der Waals surface area contributed by atoms with E-state index in [0.29, 0.717) is 6.42 Å². The molecular weight excluding hydrogens is 230 g/mol. The summed E-state index contributed by atoms with van der Waals surface area (Å²) in [6.45, 7) is 2.59. The summed E-state index contributed by atoms with van der Waals surface area (Å²) in [5.41, 5.74) is 0. The van der Waals surface area contributed by atoms with E-state index in [9.17, 15) is 4.79 Å². The fourth-order valence-electron chi connectivity index (χ4n) is 2.69. The molecule has 2 aliphatic heterocycles. The third-order valence-corrected chi connectivity index (χ3v) is 3.69. The smallest absolute Gasteiger partial charge is 0.220 e. The van der Waals surface area contributed by atoms with Crippen LogP contribution in [0.25, 0.3) is 0 Å². The van der Waals surface area contributed by atoms with E-state index in [1.54, 1.807) is 0 Å². The van der Waals surface area contributed by atoms with Gasteiger partial charge in [0.05, 0.1) is 6.54 Å². The van der Waals surface area contributed by atoms with Gasteiger partial charge in [-0.25, -0.2) is 0 Å². The van der Waals surface area contributed by atoms with Crippen LogP contribution in [0.5, 0.6) is 0 Å². The summed E-state index contributed by atoms with van der Waals surface area (Å²) in [4.78, 5) is 11.1. The Hall–Kier alpha value is -1.43. The molecule has 0 aromatic carbocycles. The Morgan fingerprint density at radius 2 is 2.28 bits per heavy atom. The minimum atomic E-state index is 0.168. The summed E-state index contributed by atoms with van der Waals surface area (Å²) in [6.07, 6.45) is 5.08. The predicted molar refractivity (Wildman–Crippen MR) is 65.8 cm³/mol. The monoisotopic (exact) mass is 249 g/mol. The Bertz CT molecular complexity index is 442. The minimum Gasteiger partial charge on any atom is -0.352 e. The van der Waals surface area contributed by atoms with Gasteiger partial charge in [0.15, 0.2) is 0 Å². The van der Waals surface area contributed by atoms with Crippen molar-refractivity contribution in [3.63, 3.8) is 0 Å². The van der Waals surface area contributed by atoms with E-state index in [1.165, 1.54) is 12.8 Å². The van der Waals surface area contributed by atoms with E-state index in [4.69, 9.17) is 0 Å². The van der Waals surface area contributed by atoms with Crippen molar-refractivity contribution in [1.82, 2.24) is 25.4 Å². The average molecular weight is 249 g/mol. The molecule has 98 valence electrons. The molecule has 6 heteroatoms. The van der Waals surface area contributed by atoms with E-state index in [0.717, 1.165) is 44.1 Å². The first-order valence-corrected chi connectivity index (χ1v) is 6.74. The standard InChI is InChI=1S/C12H19N5O/c18-12-5-4-9(14-12)7-13-8-11-16-15-10-3-1-2-6-17(10)11/h9,13H,1-8H2,(H,14,18). The van der Waals surface area contributed by atoms with Crippen LogP contribution in [0.1, 0.15) is 37.3 Å². The maximum absolute atomic E-state index is 11.1. The zero-order valence-electron chi connectivity index (χ0n) is 10.5. The topological polar surface area (TPSA) is 71.8 Å². The van der Waals surface area contributed by atoms with E-state index < -0.39 is 0 Å². The first-order valence-electron chi connectivity index (χ1n) is 6.74. The number of carbonyl (C=O) groups excluding carboxylic acids is 1. The minimum absolute atomic E-state index is 0.168. The Balaban J connectivity index is 1.51. The number of nitrogens with one attached hydrogen (secondary N) is 2. The van der Waals surface area contributed by atoms with Gasteiger partial charge in [-0.2, -0.15) is 0 Å². The number of amides is 1. The van der Waals surface area contributed by atoms with E-state index in [1.807, 2.05) is 0 Å². The molecule has 1 saturated heterocycles. The molecule has 6 nitrogen and oxygen atoms in total. The van der Waals surface area contributed by atoms with E-state index in [-0.39, 0.29) is 11.9 Å². The van der Waals surface area contributed by atoms with Gasteiger partial charge in [-0.3, -0.25) is 4.79 Å². The third kappa shape index (κ3) is 2.38. The molecule has 0 saturated carbocycles. The second kappa shape index (κ2) is 5.06. The predicted octanol–water partition coefficient (Wildman–Crippen LogP) is -0.0174. The van der Waals surface area contributed by atoms with Gasteiger partial charge in [-0.15, -0.1) is 10.2 Å². The molecule has 1 atom stereocenters. The van der Waals surface area contributed by atoms with Crippen molar-refractivity contribution in [1.29, 1.82) is 0 Å². The fraction of sp³-hybridized carbons (Fsp3) is 0.750. The van der Waals surface area contributed by atoms with Crippen LogP contribution in [-0.2, 0) is 24.3 Å². The number of carbonyl (C=O) groups is 1. The Morgan fingerprint density at radius 1 is 1.33 bits per heavy atom. The summed E-state index contributed by atoms with van der Waals surface area (Å²) in [7, 11) is 0. The molecule has 0 aliphatic carbocycles. The molecule has 3 rings (SSSR count). The van der Waals surface area contributed by atoms with Crippen molar-refractivity contribution in [2.24, 2.45) is 0 Å². The highest BCUT2D eigenvalue weighted by Gasteiger charge is 2.20. The van der Waals surface area contributed by atoms with Gasteiger partial charge in [0, 0.05) is 32.0 Å². The van der Waals surface area contributed by atoms with Gasteiger partial charge in [-0.1, -0.05) is 0 Å². The van der Waals surface area contributed by atoms with Crippen molar-refractivity contribution >= 4 is 5.91 Å². The zero-order chi connectivity index (χ0) is 12.4. The summed E-state index contributed by atoms with van der Waals surface area (Å²) in [5, 5.41) is 14.8. The summed E-state index contributed by atoms with van der Waals surface area (Å²) in [6, 6.07) is 0.279. The van der Waals surface area contributed by atoms with Gasteiger partial charge < -0.3 is 15.2 Å². The molecule has 3 heterocycles. The second-order valence-corrected chi connectivity index (χ2v) is 5.08. The highest BCUT2D eigenvalue weighted by Crippen LogP contribution is 2.14. The lowest BCUT2D eigenvalue weighted by Gasteiger charge is -2.15. The van der Waals surface area contributed by atoms with Crippen LogP contribution in [0, 0.1) is 0 Å². The summed E-state index contributed by atoms with van der Waals surface area (Å²) in [5.74, 6) is 2.31. The summed E-state index contributed by atoms with van der Waals surface area (Å²) >= 11 is 0. The summed E-state index contributed by atoms with van der Waals surface area (Å²) < 4.78 is 2.23. The molecule has 0 spiro atoms. The highest BCUT2D eigenvalue weighted by atomic mass is 16.1. The van der Waals surface area contributed by atoms with Crippen molar-refractivity contribution in [2.75, 3.05) is 6.54 Å². The number of fused-ring (bicyclic) bond motifs is 1. The molecule has 0 radical (unpaired) electrons. The van der Waals surface area contributed by atoms with Gasteiger partial charge in [0.1, 0.15) is 11.6 Å². The number of rotatable bonds is 4. The Morgan fingerprint density at radius 3 is 3.11 bits per heavy atom. The normalized spacial score (nSPS) is 22.9. The Labute approximate surface area is 106 Å². The second-order valence-electron chi connectivity index (χ2n) is 5.08. The molecule has 1 fully saturated rings. The number of aromatic nitrogens is 3. The van der Waals surface area contributed by atoms with Gasteiger partial charge in [-0.05, 0) is 19.3 Å². The van der Waals surface area contributed by atoms with Crippen LogP contribution in [0.3, 0.4) is 0 Å². The van der Waals surface area contributed by atoms with Crippen LogP contribution in [0.4, 0.5) is 0 Å². The maximum Gasteiger partial charge on any atom is 0.220 e. The van der Waals surface area contributed by atoms with Gasteiger partial charge in [0.2, 0.25) is 5.91 Å². The van der Waals surface area contributed by atoms with Crippen molar-refractivity contribution in [3.05, 3.63) is 11.6 Å². The molecule has 1 amide bonds. The van der Waals surface area contributed by atoms with Gasteiger partial charge >= 0.3 is 0 Å². The zero-order valence-corrected chi connectivity index (χ0v) is 10.5.